The Kier molecular flexibility index (Phi) is 4.92. The minimum Gasteiger partial charge on any atom is -0.323 e. The molecule has 0 radical (unpaired) electrons. The molecular weight excluding hydrogens is 272 g/mol. The third-order valence-corrected chi connectivity index (χ3v) is 3.58. The Morgan fingerprint density at radius 1 is 1.45 bits per heavy atom. The van der Waals surface area contributed by atoms with E-state index in [1.54, 1.807) is 12.3 Å². The number of nitrogens with one attached hydrogen (secondary N) is 1. The zero-order valence-corrected chi connectivity index (χ0v) is 12.4. The molecule has 0 saturated carbocycles. The van der Waals surface area contributed by atoms with Crippen LogP contribution in [0.25, 0.3) is 0 Å². The smallest absolute Gasteiger partial charge is 0.251 e. The topological polar surface area (TPSA) is 84.7 Å². The predicted octanol–water partition coefficient (Wildman–Crippen LogP) is 2.29. The summed E-state index contributed by atoms with van der Waals surface area (Å²) in [6.45, 7) is 3.95. The average molecular weight is 290 g/mol. The van der Waals surface area contributed by atoms with E-state index in [4.69, 9.17) is 5.73 Å². The number of nitrogens with zero attached hydrogens (tertiary/aromatic N) is 2. The number of pyridine rings is 1. The van der Waals surface area contributed by atoms with Crippen molar-refractivity contribution in [2.24, 2.45) is 5.73 Å². The van der Waals surface area contributed by atoms with E-state index in [0.29, 0.717) is 5.16 Å². The highest BCUT2D eigenvalue weighted by Crippen LogP contribution is 2.23. The molecule has 0 saturated heterocycles. The maximum absolute atomic E-state index is 11.6. The molecule has 5 nitrogen and oxygen atoms in total. The first kappa shape index (κ1) is 14.7. The number of hydrogen-bond donors (Lipinski definition) is 2. The fraction of sp³-hybridized carbons (Fsp3) is 0.357. The lowest BCUT2D eigenvalue weighted by molar-refractivity contribution is 0.777. The number of hydrogen-bond acceptors (Lipinski definition) is 5. The summed E-state index contributed by atoms with van der Waals surface area (Å²) in [5, 5.41) is 0.594. The SMILES string of the molecule is CCCc1cc(=O)[nH]c(Sc2ccc(C(C)N)nc2)n1. The Bertz CT molecular complexity index is 622. The molecule has 0 fully saturated rings. The van der Waals surface area contributed by atoms with Crippen molar-refractivity contribution in [3.63, 3.8) is 0 Å². The Balaban J connectivity index is 2.18. The van der Waals surface area contributed by atoms with Crippen LogP contribution in [-0.2, 0) is 6.42 Å². The van der Waals surface area contributed by atoms with Gasteiger partial charge in [0.15, 0.2) is 5.16 Å². The monoisotopic (exact) mass is 290 g/mol. The first-order valence-electron chi connectivity index (χ1n) is 6.58. The molecule has 0 aliphatic heterocycles. The third kappa shape index (κ3) is 3.91. The van der Waals surface area contributed by atoms with Crippen molar-refractivity contribution in [1.29, 1.82) is 0 Å². The lowest BCUT2D eigenvalue weighted by atomic mass is 10.2. The van der Waals surface area contributed by atoms with E-state index in [-0.39, 0.29) is 11.6 Å². The van der Waals surface area contributed by atoms with Gasteiger partial charge in [-0.05, 0) is 25.5 Å². The van der Waals surface area contributed by atoms with Crippen LogP contribution < -0.4 is 11.3 Å². The van der Waals surface area contributed by atoms with Gasteiger partial charge < -0.3 is 10.7 Å². The third-order valence-electron chi connectivity index (χ3n) is 2.72. The van der Waals surface area contributed by atoms with E-state index in [1.165, 1.54) is 11.8 Å². The van der Waals surface area contributed by atoms with Gasteiger partial charge in [0.2, 0.25) is 0 Å². The summed E-state index contributed by atoms with van der Waals surface area (Å²) < 4.78 is 0. The van der Waals surface area contributed by atoms with E-state index in [1.807, 2.05) is 19.1 Å². The number of nitrogens with two attached hydrogens (primary N) is 1. The molecule has 20 heavy (non-hydrogen) atoms. The Morgan fingerprint density at radius 3 is 2.85 bits per heavy atom. The summed E-state index contributed by atoms with van der Waals surface area (Å²) in [5.41, 5.74) is 7.30. The fourth-order valence-corrected chi connectivity index (χ4v) is 2.53. The van der Waals surface area contributed by atoms with Crippen LogP contribution in [0.2, 0.25) is 0 Å². The first-order valence-corrected chi connectivity index (χ1v) is 7.39. The van der Waals surface area contributed by atoms with Crippen LogP contribution in [-0.4, -0.2) is 15.0 Å². The van der Waals surface area contributed by atoms with Crippen molar-refractivity contribution >= 4 is 11.8 Å². The lowest BCUT2D eigenvalue weighted by Gasteiger charge is -2.06. The summed E-state index contributed by atoms with van der Waals surface area (Å²) in [6, 6.07) is 5.29. The normalized spacial score (nSPS) is 12.3. The highest BCUT2D eigenvalue weighted by molar-refractivity contribution is 7.99. The van der Waals surface area contributed by atoms with Gasteiger partial charge in [0, 0.05) is 28.9 Å². The van der Waals surface area contributed by atoms with Gasteiger partial charge in [0.05, 0.1) is 5.69 Å². The molecular formula is C14H18N4OS. The van der Waals surface area contributed by atoms with Crippen LogP contribution in [0, 0.1) is 0 Å². The zero-order chi connectivity index (χ0) is 14.5. The lowest BCUT2D eigenvalue weighted by Crippen LogP contribution is -2.10. The zero-order valence-electron chi connectivity index (χ0n) is 11.6. The molecule has 0 amide bonds. The minimum atomic E-state index is -0.119. The number of aryl methyl sites for hydroxylation is 1. The standard InChI is InChI=1S/C14H18N4OS/c1-3-4-10-7-13(19)18-14(17-10)20-11-5-6-12(9(2)15)16-8-11/h5-9H,3-4,15H2,1-2H3,(H,17,18,19). The van der Waals surface area contributed by atoms with Gasteiger partial charge in [0.1, 0.15) is 0 Å². The van der Waals surface area contributed by atoms with Crippen molar-refractivity contribution in [1.82, 2.24) is 15.0 Å². The van der Waals surface area contributed by atoms with Gasteiger partial charge in [-0.15, -0.1) is 0 Å². The van der Waals surface area contributed by atoms with Crippen molar-refractivity contribution in [2.45, 2.75) is 42.8 Å². The molecule has 2 aromatic rings. The van der Waals surface area contributed by atoms with Gasteiger partial charge in [-0.25, -0.2) is 4.98 Å². The van der Waals surface area contributed by atoms with E-state index < -0.39 is 0 Å². The minimum absolute atomic E-state index is 0.0835. The molecule has 0 bridgehead atoms. The molecule has 2 aromatic heterocycles. The number of rotatable bonds is 5. The van der Waals surface area contributed by atoms with Crippen molar-refractivity contribution in [3.05, 3.63) is 46.1 Å². The molecule has 6 heteroatoms. The molecule has 0 spiro atoms. The van der Waals surface area contributed by atoms with Crippen LogP contribution in [0.4, 0.5) is 0 Å². The summed E-state index contributed by atoms with van der Waals surface area (Å²) in [6.07, 6.45) is 3.51. The summed E-state index contributed by atoms with van der Waals surface area (Å²) in [4.78, 5) is 24.0. The molecule has 2 heterocycles. The highest BCUT2D eigenvalue weighted by Gasteiger charge is 2.05. The quantitative estimate of drug-likeness (QED) is 0.825. The Labute approximate surface area is 122 Å². The van der Waals surface area contributed by atoms with Crippen LogP contribution in [0.1, 0.15) is 37.7 Å². The number of aromatic amines is 1. The summed E-state index contributed by atoms with van der Waals surface area (Å²) in [7, 11) is 0. The summed E-state index contributed by atoms with van der Waals surface area (Å²) >= 11 is 1.39. The van der Waals surface area contributed by atoms with E-state index >= 15 is 0 Å². The second kappa shape index (κ2) is 6.67. The second-order valence-corrected chi connectivity index (χ2v) is 5.66. The predicted molar refractivity (Wildman–Crippen MR) is 79.8 cm³/mol. The van der Waals surface area contributed by atoms with Crippen molar-refractivity contribution < 1.29 is 0 Å². The van der Waals surface area contributed by atoms with Gasteiger partial charge in [-0.2, -0.15) is 0 Å². The average Bonchev–Trinajstić information content (AvgIpc) is 2.39. The molecule has 0 aliphatic carbocycles. The van der Waals surface area contributed by atoms with Crippen LogP contribution in [0.5, 0.6) is 0 Å². The van der Waals surface area contributed by atoms with Gasteiger partial charge in [-0.1, -0.05) is 25.1 Å². The maximum atomic E-state index is 11.6. The maximum Gasteiger partial charge on any atom is 0.251 e. The molecule has 106 valence electrons. The number of aromatic nitrogens is 3. The number of H-pyrrole nitrogens is 1. The van der Waals surface area contributed by atoms with Crippen molar-refractivity contribution in [2.75, 3.05) is 0 Å². The van der Waals surface area contributed by atoms with Gasteiger partial charge >= 0.3 is 0 Å². The molecule has 1 unspecified atom stereocenters. The van der Waals surface area contributed by atoms with Crippen molar-refractivity contribution in [3.8, 4) is 0 Å². The molecule has 0 aromatic carbocycles. The summed E-state index contributed by atoms with van der Waals surface area (Å²) in [5.74, 6) is 0. The molecule has 1 atom stereocenters. The van der Waals surface area contributed by atoms with Crippen LogP contribution in [0.15, 0.2) is 39.2 Å². The molecule has 3 N–H and O–H groups in total. The first-order chi connectivity index (χ1) is 9.58. The van der Waals surface area contributed by atoms with E-state index in [9.17, 15) is 4.79 Å². The molecule has 0 aliphatic rings. The Morgan fingerprint density at radius 2 is 2.25 bits per heavy atom. The van der Waals surface area contributed by atoms with E-state index in [0.717, 1.165) is 29.1 Å². The van der Waals surface area contributed by atoms with Gasteiger partial charge in [0.25, 0.3) is 5.56 Å². The van der Waals surface area contributed by atoms with E-state index in [2.05, 4.69) is 21.9 Å². The van der Waals surface area contributed by atoms with Gasteiger partial charge in [-0.3, -0.25) is 9.78 Å². The highest BCUT2D eigenvalue weighted by atomic mass is 32.2. The Hall–Kier alpha value is -1.66. The molecule has 2 rings (SSSR count). The fourth-order valence-electron chi connectivity index (χ4n) is 1.75. The largest absolute Gasteiger partial charge is 0.323 e. The van der Waals surface area contributed by atoms with Crippen LogP contribution in [0.3, 0.4) is 0 Å². The van der Waals surface area contributed by atoms with Crippen LogP contribution >= 0.6 is 11.8 Å². The second-order valence-electron chi connectivity index (χ2n) is 4.60.